The lowest BCUT2D eigenvalue weighted by Gasteiger charge is -2.17. The molecule has 3 aromatic rings. The number of amides is 3. The predicted molar refractivity (Wildman–Crippen MR) is 123 cm³/mol. The summed E-state index contributed by atoms with van der Waals surface area (Å²) in [6.07, 6.45) is 0. The molecule has 0 fully saturated rings. The summed E-state index contributed by atoms with van der Waals surface area (Å²) >= 11 is 0. The van der Waals surface area contributed by atoms with Gasteiger partial charge in [-0.05, 0) is 73.9 Å². The SMILES string of the molecule is Cc1cccc(NC(=O)C(C(=O)Nc2cccc(C)c2)C(=O)Nc2cccc(C)c2)c1. The van der Waals surface area contributed by atoms with Gasteiger partial charge in [0.25, 0.3) is 0 Å². The first-order valence-corrected chi connectivity index (χ1v) is 9.94. The van der Waals surface area contributed by atoms with Gasteiger partial charge in [-0.1, -0.05) is 36.4 Å². The highest BCUT2D eigenvalue weighted by atomic mass is 16.2. The zero-order chi connectivity index (χ0) is 22.4. The molecule has 0 spiro atoms. The molecule has 0 unspecified atom stereocenters. The number of aryl methyl sites for hydroxylation is 3. The molecule has 0 aromatic heterocycles. The van der Waals surface area contributed by atoms with Gasteiger partial charge in [0.05, 0.1) is 0 Å². The summed E-state index contributed by atoms with van der Waals surface area (Å²) in [6, 6.07) is 21.5. The van der Waals surface area contributed by atoms with Gasteiger partial charge < -0.3 is 16.0 Å². The maximum atomic E-state index is 13.0. The zero-order valence-electron chi connectivity index (χ0n) is 17.7. The summed E-state index contributed by atoms with van der Waals surface area (Å²) in [6.45, 7) is 5.67. The van der Waals surface area contributed by atoms with E-state index in [0.717, 1.165) is 16.7 Å². The highest BCUT2D eigenvalue weighted by Crippen LogP contribution is 2.17. The van der Waals surface area contributed by atoms with Crippen LogP contribution in [0.1, 0.15) is 16.7 Å². The molecule has 0 aliphatic rings. The largest absolute Gasteiger partial charge is 0.325 e. The van der Waals surface area contributed by atoms with Crippen LogP contribution in [0.25, 0.3) is 0 Å². The van der Waals surface area contributed by atoms with Gasteiger partial charge in [0.1, 0.15) is 0 Å². The number of rotatable bonds is 6. The number of anilines is 3. The fourth-order valence-electron chi connectivity index (χ4n) is 3.17. The first-order chi connectivity index (χ1) is 14.8. The number of hydrogen-bond donors (Lipinski definition) is 3. The average Bonchev–Trinajstić information content (AvgIpc) is 2.68. The highest BCUT2D eigenvalue weighted by Gasteiger charge is 2.34. The maximum absolute atomic E-state index is 13.0. The van der Waals surface area contributed by atoms with Crippen LogP contribution in [0.3, 0.4) is 0 Å². The second-order valence-corrected chi connectivity index (χ2v) is 7.51. The van der Waals surface area contributed by atoms with E-state index in [9.17, 15) is 14.4 Å². The summed E-state index contributed by atoms with van der Waals surface area (Å²) in [5.74, 6) is -3.70. The van der Waals surface area contributed by atoms with Crippen LogP contribution in [0.2, 0.25) is 0 Å². The van der Waals surface area contributed by atoms with E-state index in [2.05, 4.69) is 16.0 Å². The third-order valence-electron chi connectivity index (χ3n) is 4.64. The molecule has 6 nitrogen and oxygen atoms in total. The normalized spacial score (nSPS) is 10.5. The molecular weight excluding hydrogens is 390 g/mol. The van der Waals surface area contributed by atoms with E-state index in [-0.39, 0.29) is 0 Å². The molecule has 3 rings (SSSR count). The van der Waals surface area contributed by atoms with E-state index in [0.29, 0.717) is 17.1 Å². The molecule has 3 aromatic carbocycles. The fourth-order valence-corrected chi connectivity index (χ4v) is 3.17. The Morgan fingerprint density at radius 2 is 0.839 bits per heavy atom. The van der Waals surface area contributed by atoms with Crippen molar-refractivity contribution in [3.05, 3.63) is 89.5 Å². The quantitative estimate of drug-likeness (QED) is 0.520. The third kappa shape index (κ3) is 6.02. The van der Waals surface area contributed by atoms with Gasteiger partial charge in [0.15, 0.2) is 5.92 Å². The van der Waals surface area contributed by atoms with Crippen molar-refractivity contribution in [2.75, 3.05) is 16.0 Å². The molecule has 0 heterocycles. The lowest BCUT2D eigenvalue weighted by molar-refractivity contribution is -0.136. The Morgan fingerprint density at radius 3 is 1.10 bits per heavy atom. The second-order valence-electron chi connectivity index (χ2n) is 7.51. The molecule has 3 N–H and O–H groups in total. The summed E-state index contributed by atoms with van der Waals surface area (Å²) < 4.78 is 0. The first kappa shape index (κ1) is 21.8. The minimum Gasteiger partial charge on any atom is -0.325 e. The van der Waals surface area contributed by atoms with Crippen LogP contribution in [-0.2, 0) is 14.4 Å². The van der Waals surface area contributed by atoms with Crippen molar-refractivity contribution in [1.29, 1.82) is 0 Å². The molecule has 3 amide bonds. The van der Waals surface area contributed by atoms with Gasteiger partial charge >= 0.3 is 0 Å². The van der Waals surface area contributed by atoms with Gasteiger partial charge in [-0.25, -0.2) is 0 Å². The van der Waals surface area contributed by atoms with Crippen LogP contribution in [0.5, 0.6) is 0 Å². The number of hydrogen-bond acceptors (Lipinski definition) is 3. The second kappa shape index (κ2) is 9.71. The Labute approximate surface area is 181 Å². The van der Waals surface area contributed by atoms with Crippen LogP contribution >= 0.6 is 0 Å². The summed E-state index contributed by atoms with van der Waals surface area (Å²) in [5.41, 5.74) is 4.39. The van der Waals surface area contributed by atoms with E-state index < -0.39 is 23.6 Å². The molecular formula is C25H25N3O3. The van der Waals surface area contributed by atoms with E-state index in [1.54, 1.807) is 54.6 Å². The number of carbonyl (C=O) groups is 3. The Bertz CT molecular complexity index is 983. The van der Waals surface area contributed by atoms with Crippen molar-refractivity contribution in [2.24, 2.45) is 5.92 Å². The number of benzene rings is 3. The molecule has 6 heteroatoms. The van der Waals surface area contributed by atoms with Crippen LogP contribution in [0.15, 0.2) is 72.8 Å². The topological polar surface area (TPSA) is 87.3 Å². The molecule has 158 valence electrons. The van der Waals surface area contributed by atoms with Crippen LogP contribution in [-0.4, -0.2) is 17.7 Å². The summed E-state index contributed by atoms with van der Waals surface area (Å²) in [5, 5.41) is 8.04. The van der Waals surface area contributed by atoms with Crippen molar-refractivity contribution in [3.63, 3.8) is 0 Å². The lowest BCUT2D eigenvalue weighted by Crippen LogP contribution is -2.42. The van der Waals surface area contributed by atoms with Gasteiger partial charge in [-0.15, -0.1) is 0 Å². The van der Waals surface area contributed by atoms with Gasteiger partial charge in [-0.3, -0.25) is 14.4 Å². The van der Waals surface area contributed by atoms with Crippen LogP contribution in [0.4, 0.5) is 17.1 Å². The Kier molecular flexibility index (Phi) is 6.82. The first-order valence-electron chi connectivity index (χ1n) is 9.94. The van der Waals surface area contributed by atoms with Crippen molar-refractivity contribution in [3.8, 4) is 0 Å². The van der Waals surface area contributed by atoms with E-state index in [1.807, 2.05) is 39.0 Å². The van der Waals surface area contributed by atoms with Crippen molar-refractivity contribution < 1.29 is 14.4 Å². The van der Waals surface area contributed by atoms with Gasteiger partial charge in [0, 0.05) is 17.1 Å². The Balaban J connectivity index is 1.85. The monoisotopic (exact) mass is 415 g/mol. The standard InChI is InChI=1S/C25H25N3O3/c1-16-7-4-10-19(13-16)26-23(29)22(24(30)27-20-11-5-8-17(2)14-20)25(31)28-21-12-6-9-18(3)15-21/h4-15,22H,1-3H3,(H,26,29)(H,27,30)(H,28,31). The number of carbonyl (C=O) groups excluding carboxylic acids is 3. The number of nitrogens with one attached hydrogen (secondary N) is 3. The molecule has 0 saturated carbocycles. The van der Waals surface area contributed by atoms with E-state index >= 15 is 0 Å². The Hall–Kier alpha value is -3.93. The maximum Gasteiger partial charge on any atom is 0.246 e. The predicted octanol–water partition coefficient (Wildman–Crippen LogP) is 4.44. The highest BCUT2D eigenvalue weighted by molar-refractivity contribution is 6.26. The Morgan fingerprint density at radius 1 is 0.548 bits per heavy atom. The minimum absolute atomic E-state index is 0.515. The van der Waals surface area contributed by atoms with E-state index in [1.165, 1.54) is 0 Å². The van der Waals surface area contributed by atoms with E-state index in [4.69, 9.17) is 0 Å². The molecule has 0 aliphatic carbocycles. The average molecular weight is 415 g/mol. The summed E-state index contributed by atoms with van der Waals surface area (Å²) in [4.78, 5) is 39.0. The molecule has 0 aliphatic heterocycles. The smallest absolute Gasteiger partial charge is 0.246 e. The molecule has 0 atom stereocenters. The molecule has 0 bridgehead atoms. The molecule has 31 heavy (non-hydrogen) atoms. The molecule has 0 saturated heterocycles. The van der Waals surface area contributed by atoms with Crippen molar-refractivity contribution in [2.45, 2.75) is 20.8 Å². The third-order valence-corrected chi connectivity index (χ3v) is 4.64. The van der Waals surface area contributed by atoms with Crippen molar-refractivity contribution in [1.82, 2.24) is 0 Å². The lowest BCUT2D eigenvalue weighted by atomic mass is 10.1. The molecule has 0 radical (unpaired) electrons. The van der Waals surface area contributed by atoms with Crippen LogP contribution < -0.4 is 16.0 Å². The summed E-state index contributed by atoms with van der Waals surface area (Å²) in [7, 11) is 0. The van der Waals surface area contributed by atoms with Gasteiger partial charge in [-0.2, -0.15) is 0 Å². The zero-order valence-corrected chi connectivity index (χ0v) is 17.7. The van der Waals surface area contributed by atoms with Crippen LogP contribution in [0, 0.1) is 26.7 Å². The fraction of sp³-hybridized carbons (Fsp3) is 0.160. The minimum atomic E-state index is -1.58. The van der Waals surface area contributed by atoms with Crippen molar-refractivity contribution >= 4 is 34.8 Å². The van der Waals surface area contributed by atoms with Gasteiger partial charge in [0.2, 0.25) is 17.7 Å².